The second-order valence-corrected chi connectivity index (χ2v) is 4.54. The summed E-state index contributed by atoms with van der Waals surface area (Å²) >= 11 is 0. The highest BCUT2D eigenvalue weighted by Crippen LogP contribution is 2.02. The smallest absolute Gasteiger partial charge is 0.271 e. The van der Waals surface area contributed by atoms with Gasteiger partial charge in [-0.1, -0.05) is 19.8 Å². The number of unbranched alkanes of at least 4 members (excludes halogenated alkanes) is 2. The van der Waals surface area contributed by atoms with Crippen LogP contribution in [0.5, 0.6) is 0 Å². The Hall–Kier alpha value is -1.69. The summed E-state index contributed by atoms with van der Waals surface area (Å²) in [6, 6.07) is 3.45. The number of rotatable bonds is 10. The molecule has 1 aromatic heterocycles. The molecule has 0 aliphatic heterocycles. The molecule has 2 N–H and O–H groups in total. The number of carbonyl (C=O) groups is 1. The van der Waals surface area contributed by atoms with E-state index in [0.717, 1.165) is 32.2 Å². The summed E-state index contributed by atoms with van der Waals surface area (Å²) in [4.78, 5) is 11.8. The van der Waals surface area contributed by atoms with Crippen molar-refractivity contribution >= 4 is 11.7 Å². The Morgan fingerprint density at radius 3 is 2.70 bits per heavy atom. The third-order valence-corrected chi connectivity index (χ3v) is 2.79. The Balaban J connectivity index is 2.31. The zero-order valence-corrected chi connectivity index (χ0v) is 12.3. The summed E-state index contributed by atoms with van der Waals surface area (Å²) in [7, 11) is 1.67. The van der Waals surface area contributed by atoms with Crippen LogP contribution >= 0.6 is 0 Å². The van der Waals surface area contributed by atoms with E-state index >= 15 is 0 Å². The summed E-state index contributed by atoms with van der Waals surface area (Å²) in [5.41, 5.74) is 0.351. The normalized spacial score (nSPS) is 10.3. The Bertz CT molecular complexity index is 381. The number of aromatic nitrogens is 2. The summed E-state index contributed by atoms with van der Waals surface area (Å²) < 4.78 is 4.96. The van der Waals surface area contributed by atoms with Gasteiger partial charge >= 0.3 is 0 Å². The highest BCUT2D eigenvalue weighted by Gasteiger charge is 2.07. The van der Waals surface area contributed by atoms with E-state index in [0.29, 0.717) is 24.7 Å². The molecule has 0 atom stereocenters. The lowest BCUT2D eigenvalue weighted by Crippen LogP contribution is -2.25. The van der Waals surface area contributed by atoms with Crippen molar-refractivity contribution in [2.45, 2.75) is 32.6 Å². The quantitative estimate of drug-likeness (QED) is 0.640. The molecular formula is C14H24N4O2. The van der Waals surface area contributed by atoms with Gasteiger partial charge in [0, 0.05) is 26.8 Å². The zero-order valence-electron chi connectivity index (χ0n) is 12.3. The molecule has 0 spiro atoms. The molecule has 0 radical (unpaired) electrons. The van der Waals surface area contributed by atoms with E-state index in [-0.39, 0.29) is 5.91 Å². The van der Waals surface area contributed by atoms with Gasteiger partial charge in [-0.3, -0.25) is 4.79 Å². The highest BCUT2D eigenvalue weighted by molar-refractivity contribution is 5.92. The van der Waals surface area contributed by atoms with Gasteiger partial charge < -0.3 is 15.4 Å². The van der Waals surface area contributed by atoms with Gasteiger partial charge in [0.1, 0.15) is 5.82 Å². The molecule has 0 bridgehead atoms. The molecule has 1 aromatic rings. The third kappa shape index (κ3) is 6.47. The van der Waals surface area contributed by atoms with Crippen LogP contribution in [0.1, 0.15) is 43.1 Å². The van der Waals surface area contributed by atoms with Crippen molar-refractivity contribution in [3.63, 3.8) is 0 Å². The van der Waals surface area contributed by atoms with Crippen molar-refractivity contribution < 1.29 is 9.53 Å². The summed E-state index contributed by atoms with van der Waals surface area (Å²) in [6.45, 7) is 4.29. The van der Waals surface area contributed by atoms with Gasteiger partial charge in [0.05, 0.1) is 0 Å². The van der Waals surface area contributed by atoms with Crippen LogP contribution in [0.15, 0.2) is 12.1 Å². The molecule has 0 saturated carbocycles. The molecule has 6 heteroatoms. The fourth-order valence-corrected chi connectivity index (χ4v) is 1.65. The van der Waals surface area contributed by atoms with Crippen molar-refractivity contribution in [1.82, 2.24) is 15.5 Å². The molecular weight excluding hydrogens is 256 g/mol. The number of ether oxygens (including phenoxy) is 1. The standard InChI is InChI=1S/C14H24N4O2/c1-3-4-5-9-16-14(19)12-7-8-13(18-17-12)15-10-6-11-20-2/h7-8H,3-6,9-11H2,1-2H3,(H,15,18)(H,16,19). The maximum Gasteiger partial charge on any atom is 0.271 e. The number of hydrogen-bond acceptors (Lipinski definition) is 5. The van der Waals surface area contributed by atoms with E-state index in [9.17, 15) is 4.79 Å². The summed E-state index contributed by atoms with van der Waals surface area (Å²) in [6.07, 6.45) is 4.15. The molecule has 6 nitrogen and oxygen atoms in total. The second kappa shape index (κ2) is 10.1. The molecule has 112 valence electrons. The van der Waals surface area contributed by atoms with E-state index in [4.69, 9.17) is 4.74 Å². The number of hydrogen-bond donors (Lipinski definition) is 2. The van der Waals surface area contributed by atoms with E-state index in [1.165, 1.54) is 0 Å². The monoisotopic (exact) mass is 280 g/mol. The van der Waals surface area contributed by atoms with E-state index in [1.807, 2.05) is 0 Å². The van der Waals surface area contributed by atoms with Gasteiger partial charge in [0.25, 0.3) is 5.91 Å². The molecule has 1 rings (SSSR count). The van der Waals surface area contributed by atoms with Crippen LogP contribution in [0.25, 0.3) is 0 Å². The number of carbonyl (C=O) groups excluding carboxylic acids is 1. The second-order valence-electron chi connectivity index (χ2n) is 4.54. The van der Waals surface area contributed by atoms with Crippen LogP contribution in [0.2, 0.25) is 0 Å². The number of nitrogens with one attached hydrogen (secondary N) is 2. The third-order valence-electron chi connectivity index (χ3n) is 2.79. The topological polar surface area (TPSA) is 76.1 Å². The average molecular weight is 280 g/mol. The van der Waals surface area contributed by atoms with Crippen LogP contribution < -0.4 is 10.6 Å². The Morgan fingerprint density at radius 1 is 1.20 bits per heavy atom. The molecule has 0 aromatic carbocycles. The molecule has 0 aliphatic rings. The number of amides is 1. The average Bonchev–Trinajstić information content (AvgIpc) is 2.48. The van der Waals surface area contributed by atoms with Crippen molar-refractivity contribution in [3.8, 4) is 0 Å². The lowest BCUT2D eigenvalue weighted by atomic mass is 10.2. The van der Waals surface area contributed by atoms with E-state index in [2.05, 4.69) is 27.8 Å². The van der Waals surface area contributed by atoms with Crippen LogP contribution in [0, 0.1) is 0 Å². The van der Waals surface area contributed by atoms with E-state index in [1.54, 1.807) is 19.2 Å². The highest BCUT2D eigenvalue weighted by atomic mass is 16.5. The molecule has 0 aliphatic carbocycles. The minimum absolute atomic E-state index is 0.167. The van der Waals surface area contributed by atoms with Gasteiger partial charge in [-0.05, 0) is 25.0 Å². The molecule has 1 amide bonds. The molecule has 0 fully saturated rings. The van der Waals surface area contributed by atoms with Crippen molar-refractivity contribution in [1.29, 1.82) is 0 Å². The van der Waals surface area contributed by atoms with Gasteiger partial charge in [0.2, 0.25) is 0 Å². The minimum atomic E-state index is -0.167. The van der Waals surface area contributed by atoms with Crippen molar-refractivity contribution in [2.24, 2.45) is 0 Å². The lowest BCUT2D eigenvalue weighted by Gasteiger charge is -2.06. The van der Waals surface area contributed by atoms with E-state index < -0.39 is 0 Å². The number of methoxy groups -OCH3 is 1. The lowest BCUT2D eigenvalue weighted by molar-refractivity contribution is 0.0947. The Morgan fingerprint density at radius 2 is 2.05 bits per heavy atom. The predicted molar refractivity (Wildman–Crippen MR) is 78.9 cm³/mol. The molecule has 20 heavy (non-hydrogen) atoms. The maximum atomic E-state index is 11.8. The van der Waals surface area contributed by atoms with Crippen LogP contribution in [0.3, 0.4) is 0 Å². The van der Waals surface area contributed by atoms with Gasteiger partial charge in [0.15, 0.2) is 5.69 Å². The van der Waals surface area contributed by atoms with Crippen LogP contribution in [0.4, 0.5) is 5.82 Å². The molecule has 0 unspecified atom stereocenters. The van der Waals surface area contributed by atoms with Crippen molar-refractivity contribution in [3.05, 3.63) is 17.8 Å². The molecule has 0 saturated heterocycles. The fourth-order valence-electron chi connectivity index (χ4n) is 1.65. The van der Waals surface area contributed by atoms with Crippen LogP contribution in [-0.2, 0) is 4.74 Å². The minimum Gasteiger partial charge on any atom is -0.385 e. The van der Waals surface area contributed by atoms with Crippen molar-refractivity contribution in [2.75, 3.05) is 32.1 Å². The zero-order chi connectivity index (χ0) is 14.6. The predicted octanol–water partition coefficient (Wildman–Crippen LogP) is 1.84. The summed E-state index contributed by atoms with van der Waals surface area (Å²) in [5.74, 6) is 0.503. The first-order valence-corrected chi connectivity index (χ1v) is 7.12. The Labute approximate surface area is 120 Å². The maximum absolute atomic E-state index is 11.8. The van der Waals surface area contributed by atoms with Crippen LogP contribution in [-0.4, -0.2) is 42.9 Å². The van der Waals surface area contributed by atoms with Gasteiger partial charge in [-0.25, -0.2) is 0 Å². The first-order chi connectivity index (χ1) is 9.77. The molecule has 1 heterocycles. The largest absolute Gasteiger partial charge is 0.385 e. The number of anilines is 1. The Kier molecular flexibility index (Phi) is 8.30. The first-order valence-electron chi connectivity index (χ1n) is 7.12. The van der Waals surface area contributed by atoms with Gasteiger partial charge in [-0.2, -0.15) is 0 Å². The van der Waals surface area contributed by atoms with Gasteiger partial charge in [-0.15, -0.1) is 10.2 Å². The fraction of sp³-hybridized carbons (Fsp3) is 0.643. The summed E-state index contributed by atoms with van der Waals surface area (Å²) in [5, 5.41) is 13.9. The number of nitrogens with zero attached hydrogens (tertiary/aromatic N) is 2. The first kappa shape index (κ1) is 16.4. The SMILES string of the molecule is CCCCCNC(=O)c1ccc(NCCCOC)nn1.